The molecular weight excluding hydrogens is 284 g/mol. The fourth-order valence-electron chi connectivity index (χ4n) is 2.12. The predicted octanol–water partition coefficient (Wildman–Crippen LogP) is 3.66. The first kappa shape index (κ1) is 15.7. The van der Waals surface area contributed by atoms with E-state index >= 15 is 0 Å². The minimum absolute atomic E-state index is 0.0413. The van der Waals surface area contributed by atoms with Crippen LogP contribution in [0.4, 0.5) is 5.13 Å². The number of hydrogen-bond acceptors (Lipinski definition) is 4. The van der Waals surface area contributed by atoms with Crippen LogP contribution in [-0.4, -0.2) is 24.6 Å². The van der Waals surface area contributed by atoms with Crippen LogP contribution in [0, 0.1) is 6.92 Å². The summed E-state index contributed by atoms with van der Waals surface area (Å²) in [6.07, 6.45) is 2.24. The lowest BCUT2D eigenvalue weighted by molar-refractivity contribution is -0.119. The van der Waals surface area contributed by atoms with Gasteiger partial charge in [0, 0.05) is 17.6 Å². The molecule has 1 N–H and O–H groups in total. The smallest absolute Gasteiger partial charge is 0.252 e. The Balaban J connectivity index is 2.16. The number of carbonyl (C=O) groups excluding carboxylic acids is 1. The minimum atomic E-state index is -0.184. The third kappa shape index (κ3) is 4.12. The van der Waals surface area contributed by atoms with Crippen LogP contribution in [0.15, 0.2) is 24.3 Å². The molecule has 4 nitrogen and oxygen atoms in total. The number of methoxy groups -OCH3 is 1. The van der Waals surface area contributed by atoms with Gasteiger partial charge in [0.25, 0.3) is 5.91 Å². The lowest BCUT2D eigenvalue weighted by Gasteiger charge is -2.02. The fraction of sp³-hybridized carbons (Fsp3) is 0.375. The number of hydrogen-bond donors (Lipinski definition) is 1. The number of carbonyl (C=O) groups is 1. The summed E-state index contributed by atoms with van der Waals surface area (Å²) in [7, 11) is 1.50. The Kier molecular flexibility index (Phi) is 5.47. The molecular formula is C16H20N2O2S. The maximum atomic E-state index is 11.5. The highest BCUT2D eigenvalue weighted by atomic mass is 32.1. The summed E-state index contributed by atoms with van der Waals surface area (Å²) in [5, 5.41) is 3.36. The van der Waals surface area contributed by atoms with Crippen LogP contribution in [0.5, 0.6) is 0 Å². The third-order valence-corrected chi connectivity index (χ3v) is 3.97. The summed E-state index contributed by atoms with van der Waals surface area (Å²) in [5.41, 5.74) is 3.34. The van der Waals surface area contributed by atoms with Crippen LogP contribution in [-0.2, 0) is 16.0 Å². The van der Waals surface area contributed by atoms with Crippen LogP contribution >= 0.6 is 11.3 Å². The van der Waals surface area contributed by atoms with Gasteiger partial charge in [-0.25, -0.2) is 4.98 Å². The van der Waals surface area contributed by atoms with Crippen molar-refractivity contribution in [1.29, 1.82) is 0 Å². The molecule has 0 radical (unpaired) electrons. The highest BCUT2D eigenvalue weighted by Crippen LogP contribution is 2.30. The number of anilines is 1. The number of rotatable bonds is 6. The average Bonchev–Trinajstić information content (AvgIpc) is 2.81. The Morgan fingerprint density at radius 3 is 2.67 bits per heavy atom. The molecule has 21 heavy (non-hydrogen) atoms. The van der Waals surface area contributed by atoms with E-state index in [9.17, 15) is 4.79 Å². The first-order valence-electron chi connectivity index (χ1n) is 6.99. The van der Waals surface area contributed by atoms with Crippen molar-refractivity contribution in [2.75, 3.05) is 19.0 Å². The topological polar surface area (TPSA) is 51.2 Å². The molecule has 5 heteroatoms. The Morgan fingerprint density at radius 2 is 2.05 bits per heavy atom. The van der Waals surface area contributed by atoms with Gasteiger partial charge in [-0.2, -0.15) is 0 Å². The van der Waals surface area contributed by atoms with Crippen molar-refractivity contribution < 1.29 is 9.53 Å². The highest BCUT2D eigenvalue weighted by Gasteiger charge is 2.11. The SMILES string of the molecule is CCCc1ccc(-c2nc(NC(=O)COC)sc2C)cc1. The molecule has 0 spiro atoms. The van der Waals surface area contributed by atoms with Crippen LogP contribution in [0.2, 0.25) is 0 Å². The maximum absolute atomic E-state index is 11.5. The average molecular weight is 304 g/mol. The second-order valence-corrected chi connectivity index (χ2v) is 6.06. The Morgan fingerprint density at radius 1 is 1.33 bits per heavy atom. The van der Waals surface area contributed by atoms with E-state index in [1.165, 1.54) is 24.0 Å². The third-order valence-electron chi connectivity index (χ3n) is 3.08. The molecule has 0 saturated carbocycles. The summed E-state index contributed by atoms with van der Waals surface area (Å²) >= 11 is 1.48. The van der Waals surface area contributed by atoms with Gasteiger partial charge in [0.05, 0.1) is 5.69 Å². The van der Waals surface area contributed by atoms with Gasteiger partial charge in [-0.05, 0) is 18.9 Å². The van der Waals surface area contributed by atoms with E-state index in [1.807, 2.05) is 6.92 Å². The van der Waals surface area contributed by atoms with Gasteiger partial charge in [0.1, 0.15) is 6.61 Å². The number of aromatic nitrogens is 1. The summed E-state index contributed by atoms with van der Waals surface area (Å²) < 4.78 is 4.80. The molecule has 0 atom stereocenters. The summed E-state index contributed by atoms with van der Waals surface area (Å²) in [6.45, 7) is 4.23. The minimum Gasteiger partial charge on any atom is -0.375 e. The Hall–Kier alpha value is -1.72. The van der Waals surface area contributed by atoms with Crippen LogP contribution < -0.4 is 5.32 Å². The molecule has 0 aliphatic carbocycles. The number of ether oxygens (including phenoxy) is 1. The maximum Gasteiger partial charge on any atom is 0.252 e. The number of benzene rings is 1. The van der Waals surface area contributed by atoms with E-state index in [0.29, 0.717) is 5.13 Å². The largest absolute Gasteiger partial charge is 0.375 e. The quantitative estimate of drug-likeness (QED) is 0.886. The van der Waals surface area contributed by atoms with Crippen molar-refractivity contribution in [2.24, 2.45) is 0 Å². The van der Waals surface area contributed by atoms with Crippen molar-refractivity contribution in [2.45, 2.75) is 26.7 Å². The van der Waals surface area contributed by atoms with Crippen molar-refractivity contribution in [3.05, 3.63) is 34.7 Å². The van der Waals surface area contributed by atoms with Gasteiger partial charge in [0.15, 0.2) is 5.13 Å². The fourth-order valence-corrected chi connectivity index (χ4v) is 2.97. The van der Waals surface area contributed by atoms with E-state index < -0.39 is 0 Å². The molecule has 0 fully saturated rings. The van der Waals surface area contributed by atoms with Crippen molar-refractivity contribution >= 4 is 22.4 Å². The number of nitrogens with one attached hydrogen (secondary N) is 1. The number of aryl methyl sites for hydroxylation is 2. The molecule has 2 rings (SSSR count). The van der Waals surface area contributed by atoms with E-state index in [-0.39, 0.29) is 12.5 Å². The molecule has 0 aliphatic heterocycles. The van der Waals surface area contributed by atoms with E-state index in [4.69, 9.17) is 4.74 Å². The second-order valence-electron chi connectivity index (χ2n) is 4.85. The van der Waals surface area contributed by atoms with Gasteiger partial charge in [0.2, 0.25) is 0 Å². The first-order chi connectivity index (χ1) is 10.1. The monoisotopic (exact) mass is 304 g/mol. The van der Waals surface area contributed by atoms with Crippen molar-refractivity contribution in [1.82, 2.24) is 4.98 Å². The van der Waals surface area contributed by atoms with Gasteiger partial charge in [-0.3, -0.25) is 10.1 Å². The van der Waals surface area contributed by atoms with Gasteiger partial charge in [-0.15, -0.1) is 11.3 Å². The number of nitrogens with zero attached hydrogens (tertiary/aromatic N) is 1. The van der Waals surface area contributed by atoms with E-state index in [0.717, 1.165) is 29.0 Å². The molecule has 0 saturated heterocycles. The van der Waals surface area contributed by atoms with Gasteiger partial charge in [-0.1, -0.05) is 37.6 Å². The Labute approximate surface area is 129 Å². The molecule has 112 valence electrons. The lowest BCUT2D eigenvalue weighted by atomic mass is 10.1. The summed E-state index contributed by atoms with van der Waals surface area (Å²) in [4.78, 5) is 17.1. The van der Waals surface area contributed by atoms with E-state index in [1.54, 1.807) is 0 Å². The molecule has 1 aromatic heterocycles. The van der Waals surface area contributed by atoms with Crippen LogP contribution in [0.25, 0.3) is 11.3 Å². The molecule has 1 aromatic carbocycles. The summed E-state index contributed by atoms with van der Waals surface area (Å²) in [6, 6.07) is 8.46. The van der Waals surface area contributed by atoms with Crippen molar-refractivity contribution in [3.8, 4) is 11.3 Å². The van der Waals surface area contributed by atoms with Gasteiger partial charge >= 0.3 is 0 Å². The summed E-state index contributed by atoms with van der Waals surface area (Å²) in [5.74, 6) is -0.184. The molecule has 2 aromatic rings. The number of amides is 1. The van der Waals surface area contributed by atoms with Gasteiger partial charge < -0.3 is 4.74 Å². The van der Waals surface area contributed by atoms with Crippen LogP contribution in [0.1, 0.15) is 23.8 Å². The van der Waals surface area contributed by atoms with Crippen molar-refractivity contribution in [3.63, 3.8) is 0 Å². The highest BCUT2D eigenvalue weighted by molar-refractivity contribution is 7.16. The molecule has 0 aliphatic rings. The molecule has 0 unspecified atom stereocenters. The zero-order chi connectivity index (χ0) is 15.2. The molecule has 1 heterocycles. The Bertz CT molecular complexity index is 605. The standard InChI is InChI=1S/C16H20N2O2S/c1-4-5-12-6-8-13(9-7-12)15-11(2)21-16(18-15)17-14(19)10-20-3/h6-9H,4-5,10H2,1-3H3,(H,17,18,19). The van der Waals surface area contributed by atoms with Crippen LogP contribution in [0.3, 0.4) is 0 Å². The predicted molar refractivity (Wildman–Crippen MR) is 86.8 cm³/mol. The zero-order valence-electron chi connectivity index (χ0n) is 12.6. The zero-order valence-corrected chi connectivity index (χ0v) is 13.4. The molecule has 1 amide bonds. The number of thiazole rings is 1. The first-order valence-corrected chi connectivity index (χ1v) is 7.81. The normalized spacial score (nSPS) is 10.6. The van der Waals surface area contributed by atoms with E-state index in [2.05, 4.69) is 41.5 Å². The molecule has 0 bridgehead atoms. The lowest BCUT2D eigenvalue weighted by Crippen LogP contribution is -2.16. The second kappa shape index (κ2) is 7.33.